The minimum atomic E-state index is -4.51. The number of alkyl halides is 3. The van der Waals surface area contributed by atoms with Crippen LogP contribution in [0.5, 0.6) is 0 Å². The Morgan fingerprint density at radius 2 is 1.81 bits per heavy atom. The van der Waals surface area contributed by atoms with Crippen molar-refractivity contribution in [2.45, 2.75) is 6.18 Å². The van der Waals surface area contributed by atoms with Gasteiger partial charge in [0.25, 0.3) is 0 Å². The topological polar surface area (TPSA) is 95.6 Å². The lowest BCUT2D eigenvalue weighted by Crippen LogP contribution is -2.19. The molecule has 4 rings (SSSR count). The number of nitrogens with one attached hydrogen (secondary N) is 3. The van der Waals surface area contributed by atoms with E-state index in [-0.39, 0.29) is 33.6 Å². The lowest BCUT2D eigenvalue weighted by Gasteiger charge is -2.06. The van der Waals surface area contributed by atoms with Crippen molar-refractivity contribution in [1.29, 1.82) is 0 Å². The number of anilines is 2. The van der Waals surface area contributed by atoms with E-state index in [0.29, 0.717) is 0 Å². The summed E-state index contributed by atoms with van der Waals surface area (Å²) in [5.41, 5.74) is -0.638. The van der Waals surface area contributed by atoms with E-state index in [9.17, 15) is 26.7 Å². The number of amides is 2. The van der Waals surface area contributed by atoms with Gasteiger partial charge in [0.2, 0.25) is 5.13 Å². The first-order valence-electron chi connectivity index (χ1n) is 8.80. The largest absolute Gasteiger partial charge is 0.416 e. The normalized spacial score (nSPS) is 11.4. The molecular formula is C19H11F5N6OS. The molecule has 0 radical (unpaired) electrons. The maximum atomic E-state index is 13.9. The van der Waals surface area contributed by atoms with Crippen LogP contribution in [0.4, 0.5) is 37.7 Å². The van der Waals surface area contributed by atoms with Gasteiger partial charge in [-0.1, -0.05) is 18.2 Å². The van der Waals surface area contributed by atoms with Gasteiger partial charge in [0.1, 0.15) is 0 Å². The Balaban J connectivity index is 1.43. The lowest BCUT2D eigenvalue weighted by molar-refractivity contribution is -0.137. The molecule has 0 unspecified atom stereocenters. The number of carbonyl (C=O) groups excluding carboxylic acids is 1. The van der Waals surface area contributed by atoms with E-state index in [1.807, 2.05) is 0 Å². The first-order valence-corrected chi connectivity index (χ1v) is 9.57. The predicted octanol–water partition coefficient (Wildman–Crippen LogP) is 5.54. The van der Waals surface area contributed by atoms with E-state index >= 15 is 0 Å². The number of urea groups is 1. The third-order valence-corrected chi connectivity index (χ3v) is 4.79. The van der Waals surface area contributed by atoms with Crippen LogP contribution in [0.15, 0.2) is 48.5 Å². The van der Waals surface area contributed by atoms with Crippen molar-refractivity contribution < 1.29 is 26.7 Å². The summed E-state index contributed by atoms with van der Waals surface area (Å²) in [6, 6.07) is 8.64. The molecule has 0 aliphatic heterocycles. The number of aromatic nitrogens is 4. The van der Waals surface area contributed by atoms with Crippen LogP contribution in [0.2, 0.25) is 0 Å². The molecule has 164 valence electrons. The Morgan fingerprint density at radius 3 is 2.59 bits per heavy atom. The van der Waals surface area contributed by atoms with E-state index in [2.05, 4.69) is 30.2 Å². The Bertz CT molecular complexity index is 1290. The quantitative estimate of drug-likeness (QED) is 0.345. The van der Waals surface area contributed by atoms with Gasteiger partial charge in [-0.05, 0) is 24.3 Å². The number of rotatable bonds is 4. The van der Waals surface area contributed by atoms with Crippen LogP contribution in [0, 0.1) is 11.6 Å². The summed E-state index contributed by atoms with van der Waals surface area (Å²) in [4.78, 5) is 16.2. The van der Waals surface area contributed by atoms with E-state index in [0.717, 1.165) is 29.7 Å². The zero-order valence-electron chi connectivity index (χ0n) is 15.7. The summed E-state index contributed by atoms with van der Waals surface area (Å²) >= 11 is 0.768. The number of halogens is 5. The van der Waals surface area contributed by atoms with E-state index in [4.69, 9.17) is 0 Å². The first-order chi connectivity index (χ1) is 15.2. The van der Waals surface area contributed by atoms with Crippen LogP contribution in [-0.4, -0.2) is 25.6 Å². The molecule has 0 aliphatic rings. The Labute approximate surface area is 180 Å². The van der Waals surface area contributed by atoms with Crippen molar-refractivity contribution >= 4 is 28.5 Å². The van der Waals surface area contributed by atoms with Gasteiger partial charge in [0, 0.05) is 28.7 Å². The van der Waals surface area contributed by atoms with Gasteiger partial charge in [-0.3, -0.25) is 15.7 Å². The van der Waals surface area contributed by atoms with Crippen LogP contribution in [0.25, 0.3) is 22.6 Å². The smallest absolute Gasteiger partial charge is 0.291 e. The molecule has 2 heterocycles. The minimum Gasteiger partial charge on any atom is -0.291 e. The zero-order valence-corrected chi connectivity index (χ0v) is 16.5. The summed E-state index contributed by atoms with van der Waals surface area (Å²) in [5, 5.41) is 11.1. The van der Waals surface area contributed by atoms with E-state index in [1.165, 1.54) is 30.3 Å². The molecule has 0 aliphatic carbocycles. The molecule has 13 heteroatoms. The lowest BCUT2D eigenvalue weighted by atomic mass is 10.1. The number of H-pyrrole nitrogens is 1. The molecule has 0 spiro atoms. The van der Waals surface area contributed by atoms with Crippen LogP contribution >= 0.6 is 11.5 Å². The zero-order chi connectivity index (χ0) is 22.9. The maximum absolute atomic E-state index is 13.9. The molecule has 0 fully saturated rings. The number of hydrogen-bond acceptors (Lipinski definition) is 5. The molecule has 32 heavy (non-hydrogen) atoms. The molecule has 3 N–H and O–H groups in total. The van der Waals surface area contributed by atoms with Crippen molar-refractivity contribution in [2.75, 3.05) is 10.6 Å². The van der Waals surface area contributed by atoms with E-state index in [1.54, 1.807) is 0 Å². The van der Waals surface area contributed by atoms with Gasteiger partial charge >= 0.3 is 12.2 Å². The fraction of sp³-hybridized carbons (Fsp3) is 0.0526. The van der Waals surface area contributed by atoms with Crippen molar-refractivity contribution in [3.8, 4) is 22.6 Å². The summed E-state index contributed by atoms with van der Waals surface area (Å²) < 4.78 is 69.8. The second-order valence-electron chi connectivity index (χ2n) is 6.35. The van der Waals surface area contributed by atoms with Gasteiger partial charge in [-0.25, -0.2) is 13.6 Å². The molecule has 4 aromatic rings. The van der Waals surface area contributed by atoms with Crippen LogP contribution in [0.1, 0.15) is 5.56 Å². The molecule has 0 saturated carbocycles. The van der Waals surface area contributed by atoms with Gasteiger partial charge in [0.15, 0.2) is 23.3 Å². The second-order valence-corrected chi connectivity index (χ2v) is 7.10. The SMILES string of the molecule is O=C(Nc1cc(-c2cccc(F)c2F)[nH]n1)Nc1nc(-c2cccc(C(F)(F)F)c2)ns1. The maximum Gasteiger partial charge on any atom is 0.416 e. The molecule has 7 nitrogen and oxygen atoms in total. The van der Waals surface area contributed by atoms with Crippen molar-refractivity contribution in [3.05, 3.63) is 65.7 Å². The van der Waals surface area contributed by atoms with Crippen molar-refractivity contribution in [1.82, 2.24) is 19.6 Å². The summed E-state index contributed by atoms with van der Waals surface area (Å²) in [7, 11) is 0. The molecule has 2 aromatic carbocycles. The highest BCUT2D eigenvalue weighted by atomic mass is 32.1. The van der Waals surface area contributed by atoms with Crippen LogP contribution in [0.3, 0.4) is 0 Å². The number of hydrogen-bond donors (Lipinski definition) is 3. The van der Waals surface area contributed by atoms with Crippen LogP contribution in [-0.2, 0) is 6.18 Å². The van der Waals surface area contributed by atoms with Gasteiger partial charge in [-0.2, -0.15) is 27.6 Å². The fourth-order valence-electron chi connectivity index (χ4n) is 2.71. The van der Waals surface area contributed by atoms with Gasteiger partial charge in [-0.15, -0.1) is 0 Å². The predicted molar refractivity (Wildman–Crippen MR) is 107 cm³/mol. The molecule has 2 amide bonds. The van der Waals surface area contributed by atoms with Gasteiger partial charge in [0.05, 0.1) is 11.3 Å². The number of carbonyl (C=O) groups is 1. The Kier molecular flexibility index (Phi) is 5.57. The average Bonchev–Trinajstić information content (AvgIpc) is 3.39. The number of nitrogens with zero attached hydrogens (tertiary/aromatic N) is 3. The number of aromatic amines is 1. The standard InChI is InChI=1S/C19H11F5N6OS/c20-12-6-2-5-11(15(12)21)13-8-14(29-28-13)25-17(31)27-18-26-16(30-32-18)9-3-1-4-10(7-9)19(22,23)24/h1-8H,(H3,25,26,27,28,29,30,31). The Morgan fingerprint density at radius 1 is 1.03 bits per heavy atom. The minimum absolute atomic E-state index is 0.0139. The third-order valence-electron chi connectivity index (χ3n) is 4.16. The fourth-order valence-corrected chi connectivity index (χ4v) is 3.29. The third kappa shape index (κ3) is 4.56. The highest BCUT2D eigenvalue weighted by molar-refractivity contribution is 7.10. The summed E-state index contributed by atoms with van der Waals surface area (Å²) in [6.45, 7) is 0. The monoisotopic (exact) mass is 466 g/mol. The summed E-state index contributed by atoms with van der Waals surface area (Å²) in [5.74, 6) is -2.07. The first kappa shape index (κ1) is 21.4. The van der Waals surface area contributed by atoms with Crippen LogP contribution < -0.4 is 10.6 Å². The van der Waals surface area contributed by atoms with E-state index < -0.39 is 29.4 Å². The molecule has 0 atom stereocenters. The molecule has 0 bridgehead atoms. The summed E-state index contributed by atoms with van der Waals surface area (Å²) in [6.07, 6.45) is -4.51. The molecule has 2 aromatic heterocycles. The Hall–Kier alpha value is -3.87. The molecule has 0 saturated heterocycles. The highest BCUT2D eigenvalue weighted by Crippen LogP contribution is 2.32. The number of benzene rings is 2. The van der Waals surface area contributed by atoms with Crippen molar-refractivity contribution in [2.24, 2.45) is 0 Å². The second kappa shape index (κ2) is 8.34. The van der Waals surface area contributed by atoms with Gasteiger partial charge < -0.3 is 0 Å². The van der Waals surface area contributed by atoms with Crippen molar-refractivity contribution in [3.63, 3.8) is 0 Å². The highest BCUT2D eigenvalue weighted by Gasteiger charge is 2.30. The molecular weight excluding hydrogens is 455 g/mol. The average molecular weight is 466 g/mol.